The number of hydrogen-bond acceptors (Lipinski definition) is 5. The summed E-state index contributed by atoms with van der Waals surface area (Å²) in [5.74, 6) is 0. The van der Waals surface area contributed by atoms with Crippen molar-refractivity contribution in [3.8, 4) is 0 Å². The van der Waals surface area contributed by atoms with E-state index in [0.717, 1.165) is 38.3 Å². The van der Waals surface area contributed by atoms with Crippen LogP contribution in [0.1, 0.15) is 23.9 Å². The maximum atomic E-state index is 4.71. The molecule has 0 amide bonds. The highest BCUT2D eigenvalue weighted by Crippen LogP contribution is 2.26. The summed E-state index contributed by atoms with van der Waals surface area (Å²) >= 11 is 1.82. The van der Waals surface area contributed by atoms with Gasteiger partial charge in [0.2, 0.25) is 0 Å². The lowest BCUT2D eigenvalue weighted by atomic mass is 10.4. The van der Waals surface area contributed by atoms with E-state index in [4.69, 9.17) is 4.98 Å². The molecule has 18 heavy (non-hydrogen) atoms. The molecule has 1 aromatic heterocycles. The van der Waals surface area contributed by atoms with Gasteiger partial charge in [0.15, 0.2) is 5.13 Å². The van der Waals surface area contributed by atoms with E-state index in [-0.39, 0.29) is 0 Å². The molecular weight excluding hydrogens is 244 g/mol. The van der Waals surface area contributed by atoms with Gasteiger partial charge in [0.05, 0.1) is 5.69 Å². The van der Waals surface area contributed by atoms with E-state index in [1.54, 1.807) is 0 Å². The van der Waals surface area contributed by atoms with Crippen molar-refractivity contribution in [3.63, 3.8) is 0 Å². The van der Waals surface area contributed by atoms with Crippen LogP contribution in [0.15, 0.2) is 0 Å². The van der Waals surface area contributed by atoms with Crippen LogP contribution >= 0.6 is 11.3 Å². The Hall–Kier alpha value is -0.650. The van der Waals surface area contributed by atoms with Crippen LogP contribution in [0.2, 0.25) is 0 Å². The minimum atomic E-state index is 0.914. The van der Waals surface area contributed by atoms with Crippen molar-refractivity contribution in [1.82, 2.24) is 15.2 Å². The fourth-order valence-corrected chi connectivity index (χ4v) is 2.89. The van der Waals surface area contributed by atoms with Crippen LogP contribution < -0.4 is 10.2 Å². The molecule has 1 aromatic rings. The number of hydrogen-bond donors (Lipinski definition) is 1. The van der Waals surface area contributed by atoms with Gasteiger partial charge in [-0.2, -0.15) is 0 Å². The van der Waals surface area contributed by atoms with Crippen molar-refractivity contribution in [2.24, 2.45) is 0 Å². The predicted octanol–water partition coefficient (Wildman–Crippen LogP) is 1.95. The van der Waals surface area contributed by atoms with Gasteiger partial charge in [-0.1, -0.05) is 6.92 Å². The molecule has 0 radical (unpaired) electrons. The normalized spacial score (nSPS) is 11.2. The van der Waals surface area contributed by atoms with Crippen molar-refractivity contribution in [3.05, 3.63) is 10.6 Å². The zero-order valence-electron chi connectivity index (χ0n) is 12.3. The smallest absolute Gasteiger partial charge is 0.185 e. The largest absolute Gasteiger partial charge is 0.347 e. The molecule has 1 N–H and O–H groups in total. The summed E-state index contributed by atoms with van der Waals surface area (Å²) in [6.45, 7) is 8.43. The number of likely N-dealkylation sites (N-methyl/N-ethyl adjacent to an activating group) is 1. The Morgan fingerprint density at radius 1 is 1.22 bits per heavy atom. The van der Waals surface area contributed by atoms with Crippen LogP contribution in [0.5, 0.6) is 0 Å². The van der Waals surface area contributed by atoms with Crippen LogP contribution in [0.3, 0.4) is 0 Å². The van der Waals surface area contributed by atoms with Gasteiger partial charge in [-0.05, 0) is 34.5 Å². The molecule has 1 rings (SSSR count). The summed E-state index contributed by atoms with van der Waals surface area (Å²) in [6, 6.07) is 0. The number of rotatable bonds is 8. The summed E-state index contributed by atoms with van der Waals surface area (Å²) in [4.78, 5) is 10.7. The first-order valence-electron chi connectivity index (χ1n) is 6.59. The fraction of sp³-hybridized carbons (Fsp3) is 0.769. The van der Waals surface area contributed by atoms with E-state index in [1.165, 1.54) is 10.0 Å². The fourth-order valence-electron chi connectivity index (χ4n) is 1.77. The van der Waals surface area contributed by atoms with Gasteiger partial charge in [-0.3, -0.25) is 0 Å². The lowest BCUT2D eigenvalue weighted by Gasteiger charge is -2.23. The molecule has 0 saturated carbocycles. The lowest BCUT2D eigenvalue weighted by Crippen LogP contribution is -2.32. The van der Waals surface area contributed by atoms with E-state index in [1.807, 2.05) is 18.4 Å². The van der Waals surface area contributed by atoms with Gasteiger partial charge in [-0.15, -0.1) is 11.3 Å². The third-order valence-electron chi connectivity index (χ3n) is 2.80. The molecule has 4 nitrogen and oxygen atoms in total. The van der Waals surface area contributed by atoms with Gasteiger partial charge in [0.25, 0.3) is 0 Å². The molecule has 0 spiro atoms. The Kier molecular flexibility index (Phi) is 6.60. The summed E-state index contributed by atoms with van der Waals surface area (Å²) in [5, 5.41) is 4.37. The van der Waals surface area contributed by atoms with Gasteiger partial charge in [-0.25, -0.2) is 4.98 Å². The molecule has 0 aromatic carbocycles. The maximum absolute atomic E-state index is 4.71. The quantitative estimate of drug-likeness (QED) is 0.782. The molecule has 5 heteroatoms. The monoisotopic (exact) mass is 270 g/mol. The number of nitrogens with one attached hydrogen (secondary N) is 1. The number of anilines is 1. The molecule has 104 valence electrons. The number of aryl methyl sites for hydroxylation is 1. The lowest BCUT2D eigenvalue weighted by molar-refractivity contribution is 0.413. The maximum Gasteiger partial charge on any atom is 0.185 e. The zero-order valence-corrected chi connectivity index (χ0v) is 13.1. The van der Waals surface area contributed by atoms with Crippen molar-refractivity contribution in [2.75, 3.05) is 45.7 Å². The minimum absolute atomic E-state index is 0.914. The Balaban J connectivity index is 2.74. The average Bonchev–Trinajstić information content (AvgIpc) is 2.66. The molecular formula is C13H26N4S. The molecule has 0 fully saturated rings. The van der Waals surface area contributed by atoms with E-state index in [0.29, 0.717) is 0 Å². The Labute approximate surface area is 115 Å². The van der Waals surface area contributed by atoms with Crippen molar-refractivity contribution in [1.29, 1.82) is 0 Å². The molecule has 0 atom stereocenters. The average molecular weight is 270 g/mol. The van der Waals surface area contributed by atoms with Crippen LogP contribution in [-0.2, 0) is 6.54 Å². The highest BCUT2D eigenvalue weighted by atomic mass is 32.1. The minimum Gasteiger partial charge on any atom is -0.347 e. The Morgan fingerprint density at radius 2 is 1.94 bits per heavy atom. The van der Waals surface area contributed by atoms with E-state index < -0.39 is 0 Å². The molecule has 0 aliphatic carbocycles. The summed E-state index contributed by atoms with van der Waals surface area (Å²) in [7, 11) is 6.21. The Bertz CT molecular complexity index is 349. The van der Waals surface area contributed by atoms with E-state index >= 15 is 0 Å². The third kappa shape index (κ3) is 4.55. The second kappa shape index (κ2) is 7.71. The van der Waals surface area contributed by atoms with Gasteiger partial charge in [0, 0.05) is 31.1 Å². The highest BCUT2D eigenvalue weighted by molar-refractivity contribution is 7.15. The third-order valence-corrected chi connectivity index (χ3v) is 4.02. The van der Waals surface area contributed by atoms with E-state index in [9.17, 15) is 0 Å². The number of nitrogens with zero attached hydrogens (tertiary/aromatic N) is 3. The standard InChI is InChI=1S/C13H26N4S/c1-6-7-17(9-8-16(4)5)13-15-11(2)12(18-13)10-14-3/h14H,6-10H2,1-5H3. The summed E-state index contributed by atoms with van der Waals surface area (Å²) < 4.78 is 0. The first-order chi connectivity index (χ1) is 8.58. The van der Waals surface area contributed by atoms with Crippen LogP contribution in [0, 0.1) is 6.92 Å². The first kappa shape index (κ1) is 15.4. The second-order valence-electron chi connectivity index (χ2n) is 4.83. The predicted molar refractivity (Wildman–Crippen MR) is 80.7 cm³/mol. The SMILES string of the molecule is CCCN(CCN(C)C)c1nc(C)c(CNC)s1. The zero-order chi connectivity index (χ0) is 13.5. The summed E-state index contributed by atoms with van der Waals surface area (Å²) in [5.41, 5.74) is 1.16. The first-order valence-corrected chi connectivity index (χ1v) is 7.40. The topological polar surface area (TPSA) is 31.4 Å². The number of thiazole rings is 1. The van der Waals surface area contributed by atoms with Crippen LogP contribution in [0.4, 0.5) is 5.13 Å². The summed E-state index contributed by atoms with van der Waals surface area (Å²) in [6.07, 6.45) is 1.16. The van der Waals surface area contributed by atoms with Crippen molar-refractivity contribution in [2.45, 2.75) is 26.8 Å². The molecule has 0 bridgehead atoms. The highest BCUT2D eigenvalue weighted by Gasteiger charge is 2.13. The van der Waals surface area contributed by atoms with Gasteiger partial charge < -0.3 is 15.1 Å². The molecule has 0 aliphatic rings. The molecule has 0 aliphatic heterocycles. The molecule has 0 unspecified atom stereocenters. The Morgan fingerprint density at radius 3 is 2.50 bits per heavy atom. The number of aromatic nitrogens is 1. The van der Waals surface area contributed by atoms with Crippen molar-refractivity contribution >= 4 is 16.5 Å². The van der Waals surface area contributed by atoms with Gasteiger partial charge in [0.1, 0.15) is 0 Å². The molecule has 1 heterocycles. The molecule has 0 saturated heterocycles. The second-order valence-corrected chi connectivity index (χ2v) is 5.89. The van der Waals surface area contributed by atoms with Crippen molar-refractivity contribution < 1.29 is 0 Å². The van der Waals surface area contributed by atoms with Crippen LogP contribution in [-0.4, -0.2) is 50.7 Å². The van der Waals surface area contributed by atoms with Gasteiger partial charge >= 0.3 is 0 Å². The van der Waals surface area contributed by atoms with Crippen LogP contribution in [0.25, 0.3) is 0 Å². The van der Waals surface area contributed by atoms with E-state index in [2.05, 4.69) is 43.1 Å².